The van der Waals surface area contributed by atoms with Gasteiger partial charge < -0.3 is 9.15 Å². The Bertz CT molecular complexity index is 1220. The van der Waals surface area contributed by atoms with E-state index in [2.05, 4.69) is 4.74 Å². The Balaban J connectivity index is 1.53. The molecule has 2 amide bonds. The van der Waals surface area contributed by atoms with Crippen LogP contribution in [-0.2, 0) is 16.1 Å². The monoisotopic (exact) mass is 485 g/mol. The van der Waals surface area contributed by atoms with Crippen LogP contribution in [0.1, 0.15) is 21.9 Å². The van der Waals surface area contributed by atoms with Gasteiger partial charge in [-0.3, -0.25) is 14.5 Å². The Morgan fingerprint density at radius 2 is 1.88 bits per heavy atom. The lowest BCUT2D eigenvalue weighted by molar-refractivity contribution is -0.123. The van der Waals surface area contributed by atoms with Crippen molar-refractivity contribution < 1.29 is 23.5 Å². The summed E-state index contributed by atoms with van der Waals surface area (Å²) in [6.07, 6.45) is 1.71. The first kappa shape index (κ1) is 22.3. The fraction of sp³-hybridized carbons (Fsp3) is 0.0870. The third kappa shape index (κ3) is 4.93. The molecule has 1 aromatic heterocycles. The van der Waals surface area contributed by atoms with Crippen molar-refractivity contribution in [2.45, 2.75) is 16.3 Å². The van der Waals surface area contributed by atoms with Gasteiger partial charge in [0.05, 0.1) is 18.6 Å². The number of esters is 1. The summed E-state index contributed by atoms with van der Waals surface area (Å²) in [5, 5.41) is 0.256. The van der Waals surface area contributed by atoms with E-state index in [1.807, 2.05) is 48.5 Å². The van der Waals surface area contributed by atoms with Gasteiger partial charge in [0, 0.05) is 14.8 Å². The first-order valence-corrected chi connectivity index (χ1v) is 11.4. The van der Waals surface area contributed by atoms with Crippen LogP contribution in [0.5, 0.6) is 0 Å². The first-order chi connectivity index (χ1) is 15.4. The summed E-state index contributed by atoms with van der Waals surface area (Å²) in [7, 11) is 1.24. The largest absolute Gasteiger partial charge is 0.463 e. The standard InChI is InChI=1S/C23H16ClNO5S2/c1-29-22(27)18-11-8-16(30-18)13-25-21(26)20(32-23(25)28)12-14-4-2-3-5-19(14)31-17-9-6-15(24)7-10-17/h2-12H,13H2,1H3/b20-12-. The topological polar surface area (TPSA) is 76.8 Å². The Labute approximate surface area is 197 Å². The van der Waals surface area contributed by atoms with E-state index in [0.29, 0.717) is 15.7 Å². The molecular weight excluding hydrogens is 470 g/mol. The molecule has 0 aliphatic carbocycles. The van der Waals surface area contributed by atoms with Gasteiger partial charge in [0.25, 0.3) is 11.1 Å². The van der Waals surface area contributed by atoms with Crippen LogP contribution in [0.25, 0.3) is 6.08 Å². The minimum Gasteiger partial charge on any atom is -0.463 e. The zero-order valence-corrected chi connectivity index (χ0v) is 19.1. The number of carbonyl (C=O) groups excluding carboxylic acids is 3. The predicted molar refractivity (Wildman–Crippen MR) is 124 cm³/mol. The number of imide groups is 1. The molecule has 3 aromatic rings. The SMILES string of the molecule is COC(=O)c1ccc(CN2C(=O)S/C(=C\c3ccccc3Sc3ccc(Cl)cc3)C2=O)o1. The molecule has 9 heteroatoms. The second kappa shape index (κ2) is 9.68. The molecule has 2 aromatic carbocycles. The van der Waals surface area contributed by atoms with Crippen molar-refractivity contribution >= 4 is 58.3 Å². The molecule has 1 fully saturated rings. The number of amides is 2. The number of ether oxygens (including phenoxy) is 1. The van der Waals surface area contributed by atoms with Gasteiger partial charge >= 0.3 is 5.97 Å². The summed E-state index contributed by atoms with van der Waals surface area (Å²) in [6, 6.07) is 18.1. The zero-order valence-electron chi connectivity index (χ0n) is 16.7. The summed E-state index contributed by atoms with van der Waals surface area (Å²) in [6.45, 7) is -0.0693. The lowest BCUT2D eigenvalue weighted by Crippen LogP contribution is -2.27. The number of hydrogen-bond acceptors (Lipinski definition) is 7. The number of hydrogen-bond donors (Lipinski definition) is 0. The molecular formula is C23H16ClNO5S2. The van der Waals surface area contributed by atoms with Gasteiger partial charge in [-0.2, -0.15) is 0 Å². The van der Waals surface area contributed by atoms with Crippen LogP contribution in [0.2, 0.25) is 5.02 Å². The Kier molecular flexibility index (Phi) is 6.74. The highest BCUT2D eigenvalue weighted by molar-refractivity contribution is 8.18. The van der Waals surface area contributed by atoms with Crippen LogP contribution in [0.3, 0.4) is 0 Å². The molecule has 0 unspecified atom stereocenters. The number of carbonyl (C=O) groups is 3. The first-order valence-electron chi connectivity index (χ1n) is 9.39. The number of halogens is 1. The van der Waals surface area contributed by atoms with Gasteiger partial charge in [0.1, 0.15) is 5.76 Å². The van der Waals surface area contributed by atoms with Gasteiger partial charge in [0.15, 0.2) is 0 Å². The third-order valence-corrected chi connectivity index (χ3v) is 6.74. The molecule has 4 rings (SSSR count). The third-order valence-electron chi connectivity index (χ3n) is 4.48. The van der Waals surface area contributed by atoms with E-state index >= 15 is 0 Å². The van der Waals surface area contributed by atoms with Crippen molar-refractivity contribution in [3.8, 4) is 0 Å². The molecule has 6 nitrogen and oxygen atoms in total. The molecule has 162 valence electrons. The average Bonchev–Trinajstić information content (AvgIpc) is 3.36. The van der Waals surface area contributed by atoms with Gasteiger partial charge in [-0.25, -0.2) is 4.79 Å². The van der Waals surface area contributed by atoms with Crippen molar-refractivity contribution in [3.05, 3.63) is 87.7 Å². The Morgan fingerprint density at radius 1 is 1.12 bits per heavy atom. The summed E-state index contributed by atoms with van der Waals surface area (Å²) in [5.74, 6) is -0.715. The van der Waals surface area contributed by atoms with E-state index < -0.39 is 17.1 Å². The van der Waals surface area contributed by atoms with E-state index in [-0.39, 0.29) is 12.3 Å². The van der Waals surface area contributed by atoms with Crippen molar-refractivity contribution in [2.24, 2.45) is 0 Å². The van der Waals surface area contributed by atoms with Crippen molar-refractivity contribution in [2.75, 3.05) is 7.11 Å². The Hall–Kier alpha value is -2.94. The molecule has 0 saturated carbocycles. The number of benzene rings is 2. The molecule has 0 bridgehead atoms. The second-order valence-electron chi connectivity index (χ2n) is 6.62. The van der Waals surface area contributed by atoms with Gasteiger partial charge in [0.2, 0.25) is 5.76 Å². The highest BCUT2D eigenvalue weighted by Gasteiger charge is 2.36. The lowest BCUT2D eigenvalue weighted by Gasteiger charge is -2.10. The number of nitrogens with zero attached hydrogens (tertiary/aromatic N) is 1. The molecule has 0 spiro atoms. The Morgan fingerprint density at radius 3 is 2.62 bits per heavy atom. The second-order valence-corrected chi connectivity index (χ2v) is 9.16. The molecule has 1 aliphatic heterocycles. The molecule has 1 saturated heterocycles. The van der Waals surface area contributed by atoms with Gasteiger partial charge in [-0.1, -0.05) is 41.6 Å². The van der Waals surface area contributed by atoms with E-state index in [1.54, 1.807) is 6.08 Å². The fourth-order valence-electron chi connectivity index (χ4n) is 2.93. The predicted octanol–water partition coefficient (Wildman–Crippen LogP) is 6.11. The molecule has 0 atom stereocenters. The summed E-state index contributed by atoms with van der Waals surface area (Å²) < 4.78 is 9.98. The molecule has 0 N–H and O–H groups in total. The maximum absolute atomic E-state index is 12.9. The number of furan rings is 1. The van der Waals surface area contributed by atoms with Gasteiger partial charge in [-0.15, -0.1) is 0 Å². The van der Waals surface area contributed by atoms with E-state index in [4.69, 9.17) is 16.0 Å². The summed E-state index contributed by atoms with van der Waals surface area (Å²) in [4.78, 5) is 40.3. The highest BCUT2D eigenvalue weighted by atomic mass is 35.5. The number of methoxy groups -OCH3 is 1. The van der Waals surface area contributed by atoms with E-state index in [0.717, 1.165) is 32.0 Å². The van der Waals surface area contributed by atoms with E-state index in [1.165, 1.54) is 31.0 Å². The van der Waals surface area contributed by atoms with Crippen molar-refractivity contribution in [3.63, 3.8) is 0 Å². The number of thioether (sulfide) groups is 1. The van der Waals surface area contributed by atoms with Crippen LogP contribution < -0.4 is 0 Å². The summed E-state index contributed by atoms with van der Waals surface area (Å²) in [5.41, 5.74) is 0.823. The van der Waals surface area contributed by atoms with Gasteiger partial charge in [-0.05, 0) is 65.9 Å². The van der Waals surface area contributed by atoms with Crippen LogP contribution in [-0.4, -0.2) is 29.1 Å². The zero-order chi connectivity index (χ0) is 22.7. The lowest BCUT2D eigenvalue weighted by atomic mass is 10.2. The molecule has 2 heterocycles. The van der Waals surface area contributed by atoms with Crippen LogP contribution in [0, 0.1) is 0 Å². The quantitative estimate of drug-likeness (QED) is 0.308. The smallest absolute Gasteiger partial charge is 0.373 e. The molecule has 32 heavy (non-hydrogen) atoms. The minimum atomic E-state index is -0.625. The van der Waals surface area contributed by atoms with Crippen LogP contribution >= 0.6 is 35.1 Å². The fourth-order valence-corrected chi connectivity index (χ4v) is 4.80. The molecule has 0 radical (unpaired) electrons. The minimum absolute atomic E-state index is 0.0122. The van der Waals surface area contributed by atoms with Crippen LogP contribution in [0.15, 0.2) is 79.8 Å². The summed E-state index contributed by atoms with van der Waals surface area (Å²) >= 11 is 8.37. The van der Waals surface area contributed by atoms with Crippen molar-refractivity contribution in [1.82, 2.24) is 4.90 Å². The maximum atomic E-state index is 12.9. The average molecular weight is 486 g/mol. The highest BCUT2D eigenvalue weighted by Crippen LogP contribution is 2.37. The van der Waals surface area contributed by atoms with Crippen molar-refractivity contribution in [1.29, 1.82) is 0 Å². The molecule has 1 aliphatic rings. The normalized spacial score (nSPS) is 14.9. The van der Waals surface area contributed by atoms with E-state index in [9.17, 15) is 14.4 Å². The number of rotatable bonds is 6. The maximum Gasteiger partial charge on any atom is 0.373 e. The van der Waals surface area contributed by atoms with Crippen LogP contribution in [0.4, 0.5) is 4.79 Å².